The van der Waals surface area contributed by atoms with Crippen LogP contribution in [0, 0.1) is 0 Å². The molecule has 0 saturated heterocycles. The third-order valence-electron chi connectivity index (χ3n) is 4.82. The van der Waals surface area contributed by atoms with E-state index in [1.165, 1.54) is 37.2 Å². The minimum absolute atomic E-state index is 0.0111. The molecule has 0 N–H and O–H groups in total. The molecule has 2 heteroatoms. The van der Waals surface area contributed by atoms with Crippen molar-refractivity contribution in [3.63, 3.8) is 0 Å². The Balaban J connectivity index is 1.76. The normalized spacial score (nSPS) is 16.2. The molecule has 5 rings (SSSR count). The number of aliphatic imine (C=N–C) groups is 1. The lowest BCUT2D eigenvalue weighted by Crippen LogP contribution is -1.99. The molecule has 0 saturated carbocycles. The first-order valence-electron chi connectivity index (χ1n) is 8.77. The zero-order valence-corrected chi connectivity index (χ0v) is 15.0. The van der Waals surface area contributed by atoms with E-state index in [1.54, 1.807) is 0 Å². The largest absolute Gasteiger partial charge is 0.280 e. The van der Waals surface area contributed by atoms with Gasteiger partial charge in [-0.15, -0.1) is 11.3 Å². The standard InChI is InChI=1S/C24H17NS/c1-3-9-17(10-4-1)20-15-23-21(19-13-7-8-14-22(19)26-23)16-25-24(20)18-11-5-2-6-12-18/h1-16,24H. The monoisotopic (exact) mass is 351 g/mol. The molecule has 0 bridgehead atoms. The van der Waals surface area contributed by atoms with Crippen LogP contribution in [0.1, 0.15) is 27.6 Å². The maximum Gasteiger partial charge on any atom is 0.101 e. The molecule has 0 radical (unpaired) electrons. The lowest BCUT2D eigenvalue weighted by Gasteiger charge is -2.16. The van der Waals surface area contributed by atoms with Crippen LogP contribution in [0.3, 0.4) is 0 Å². The molecular formula is C24H17NS. The van der Waals surface area contributed by atoms with Gasteiger partial charge in [0, 0.05) is 26.7 Å². The fraction of sp³-hybridized carbons (Fsp3) is 0.0417. The van der Waals surface area contributed by atoms with Gasteiger partial charge in [0.15, 0.2) is 0 Å². The van der Waals surface area contributed by atoms with Gasteiger partial charge in [0.25, 0.3) is 0 Å². The van der Waals surface area contributed by atoms with Crippen molar-refractivity contribution in [2.45, 2.75) is 6.04 Å². The van der Waals surface area contributed by atoms with Crippen LogP contribution in [0.2, 0.25) is 0 Å². The number of rotatable bonds is 2. The van der Waals surface area contributed by atoms with Gasteiger partial charge in [-0.1, -0.05) is 78.9 Å². The summed E-state index contributed by atoms with van der Waals surface area (Å²) < 4.78 is 1.31. The van der Waals surface area contributed by atoms with Crippen molar-refractivity contribution in [1.29, 1.82) is 0 Å². The molecule has 0 amide bonds. The third kappa shape index (κ3) is 2.59. The molecule has 2 heterocycles. The van der Waals surface area contributed by atoms with E-state index in [-0.39, 0.29) is 6.04 Å². The molecule has 1 aliphatic heterocycles. The zero-order valence-electron chi connectivity index (χ0n) is 14.2. The Morgan fingerprint density at radius 2 is 1.42 bits per heavy atom. The van der Waals surface area contributed by atoms with Crippen LogP contribution in [0.4, 0.5) is 0 Å². The lowest BCUT2D eigenvalue weighted by molar-refractivity contribution is 0.945. The van der Waals surface area contributed by atoms with Crippen LogP contribution in [-0.4, -0.2) is 6.21 Å². The van der Waals surface area contributed by atoms with Crippen molar-refractivity contribution >= 4 is 39.3 Å². The van der Waals surface area contributed by atoms with E-state index in [1.807, 2.05) is 11.3 Å². The van der Waals surface area contributed by atoms with Gasteiger partial charge in [-0.25, -0.2) is 0 Å². The SMILES string of the molecule is C1=NC(c2ccccc2)C(c2ccccc2)=Cc2sc3ccccc3c21. The molecule has 0 aliphatic carbocycles. The minimum Gasteiger partial charge on any atom is -0.280 e. The number of nitrogens with zero attached hydrogens (tertiary/aromatic N) is 1. The van der Waals surface area contributed by atoms with Gasteiger partial charge in [-0.2, -0.15) is 0 Å². The Morgan fingerprint density at radius 1 is 0.731 bits per heavy atom. The maximum atomic E-state index is 5.03. The summed E-state index contributed by atoms with van der Waals surface area (Å²) in [5.41, 5.74) is 4.93. The molecule has 0 spiro atoms. The summed E-state index contributed by atoms with van der Waals surface area (Å²) in [5, 5.41) is 1.29. The van der Waals surface area contributed by atoms with Crippen LogP contribution >= 0.6 is 11.3 Å². The lowest BCUT2D eigenvalue weighted by atomic mass is 9.93. The van der Waals surface area contributed by atoms with Gasteiger partial charge in [0.1, 0.15) is 6.04 Å². The van der Waals surface area contributed by atoms with Gasteiger partial charge >= 0.3 is 0 Å². The molecule has 1 aromatic heterocycles. The topological polar surface area (TPSA) is 12.4 Å². The van der Waals surface area contributed by atoms with Crippen LogP contribution in [-0.2, 0) is 0 Å². The molecule has 124 valence electrons. The summed E-state index contributed by atoms with van der Waals surface area (Å²) in [6.07, 6.45) is 4.40. The quantitative estimate of drug-likeness (QED) is 0.385. The first-order valence-corrected chi connectivity index (χ1v) is 9.58. The highest BCUT2D eigenvalue weighted by Gasteiger charge is 2.21. The highest BCUT2D eigenvalue weighted by atomic mass is 32.1. The average Bonchev–Trinajstić information content (AvgIpc) is 2.95. The molecule has 3 aromatic carbocycles. The fourth-order valence-electron chi connectivity index (χ4n) is 3.55. The summed E-state index contributed by atoms with van der Waals surface area (Å²) in [7, 11) is 0. The van der Waals surface area contributed by atoms with E-state index in [4.69, 9.17) is 4.99 Å². The smallest absolute Gasteiger partial charge is 0.101 e. The maximum absolute atomic E-state index is 5.03. The predicted octanol–water partition coefficient (Wildman–Crippen LogP) is 6.62. The molecule has 26 heavy (non-hydrogen) atoms. The number of thiophene rings is 1. The second-order valence-electron chi connectivity index (χ2n) is 6.43. The molecule has 1 aliphatic rings. The number of hydrogen-bond acceptors (Lipinski definition) is 2. The first-order chi connectivity index (χ1) is 12.9. The molecule has 1 atom stereocenters. The zero-order chi connectivity index (χ0) is 17.3. The van der Waals surface area contributed by atoms with E-state index in [0.717, 1.165) is 0 Å². The van der Waals surface area contributed by atoms with Gasteiger partial charge in [-0.05, 0) is 28.8 Å². The predicted molar refractivity (Wildman–Crippen MR) is 113 cm³/mol. The van der Waals surface area contributed by atoms with Crippen molar-refractivity contribution in [2.75, 3.05) is 0 Å². The first kappa shape index (κ1) is 15.3. The van der Waals surface area contributed by atoms with Crippen molar-refractivity contribution in [1.82, 2.24) is 0 Å². The summed E-state index contributed by atoms with van der Waals surface area (Å²) in [6.45, 7) is 0. The van der Waals surface area contributed by atoms with Crippen molar-refractivity contribution in [3.05, 3.63) is 106 Å². The molecule has 1 nitrogen and oxygen atoms in total. The van der Waals surface area contributed by atoms with Gasteiger partial charge in [0.2, 0.25) is 0 Å². The van der Waals surface area contributed by atoms with Crippen LogP contribution < -0.4 is 0 Å². The average molecular weight is 351 g/mol. The van der Waals surface area contributed by atoms with Crippen LogP contribution in [0.5, 0.6) is 0 Å². The van der Waals surface area contributed by atoms with Crippen LogP contribution in [0.25, 0.3) is 21.7 Å². The van der Waals surface area contributed by atoms with E-state index in [2.05, 4.69) is 97.2 Å². The Kier molecular flexibility index (Phi) is 3.76. The minimum atomic E-state index is 0.0111. The molecule has 0 fully saturated rings. The fourth-order valence-corrected chi connectivity index (χ4v) is 4.68. The van der Waals surface area contributed by atoms with Crippen molar-refractivity contribution in [3.8, 4) is 0 Å². The van der Waals surface area contributed by atoms with Crippen molar-refractivity contribution < 1.29 is 0 Å². The van der Waals surface area contributed by atoms with Crippen molar-refractivity contribution in [2.24, 2.45) is 4.99 Å². The van der Waals surface area contributed by atoms with Crippen LogP contribution in [0.15, 0.2) is 89.9 Å². The second kappa shape index (κ2) is 6.40. The summed E-state index contributed by atoms with van der Waals surface area (Å²) in [4.78, 5) is 6.31. The number of hydrogen-bond donors (Lipinski definition) is 0. The Bertz CT molecular complexity index is 1120. The second-order valence-corrected chi connectivity index (χ2v) is 7.52. The Hall–Kier alpha value is -2.97. The van der Waals surface area contributed by atoms with Gasteiger partial charge < -0.3 is 0 Å². The highest BCUT2D eigenvalue weighted by Crippen LogP contribution is 2.41. The Morgan fingerprint density at radius 3 is 2.23 bits per heavy atom. The Labute approximate surface area is 157 Å². The number of benzene rings is 3. The number of fused-ring (bicyclic) bond motifs is 3. The van der Waals surface area contributed by atoms with E-state index in [0.29, 0.717) is 0 Å². The van der Waals surface area contributed by atoms with E-state index in [9.17, 15) is 0 Å². The molecule has 4 aromatic rings. The van der Waals surface area contributed by atoms with Gasteiger partial charge in [-0.3, -0.25) is 4.99 Å². The molecular weight excluding hydrogens is 334 g/mol. The highest BCUT2D eigenvalue weighted by molar-refractivity contribution is 7.20. The molecule has 1 unspecified atom stereocenters. The summed E-state index contributed by atoms with van der Waals surface area (Å²) >= 11 is 1.84. The summed E-state index contributed by atoms with van der Waals surface area (Å²) in [6, 6.07) is 29.8. The third-order valence-corrected chi connectivity index (χ3v) is 5.95. The summed E-state index contributed by atoms with van der Waals surface area (Å²) in [5.74, 6) is 0. The van der Waals surface area contributed by atoms with E-state index >= 15 is 0 Å². The van der Waals surface area contributed by atoms with Gasteiger partial charge in [0.05, 0.1) is 0 Å². The van der Waals surface area contributed by atoms with E-state index < -0.39 is 0 Å².